The van der Waals surface area contributed by atoms with Gasteiger partial charge in [0.25, 0.3) is 0 Å². The van der Waals surface area contributed by atoms with Gasteiger partial charge in [-0.15, -0.1) is 0 Å². The van der Waals surface area contributed by atoms with E-state index in [0.717, 1.165) is 0 Å². The number of carboxylic acid groups (broad SMARTS) is 1. The Hall–Kier alpha value is -0.690. The van der Waals surface area contributed by atoms with Crippen molar-refractivity contribution in [2.45, 2.75) is 18.3 Å². The Morgan fingerprint density at radius 2 is 2.00 bits per heavy atom. The zero-order valence-electron chi connectivity index (χ0n) is 6.83. The maximum absolute atomic E-state index is 10.5. The fraction of sp³-hybridized carbons (Fsp3) is 0.857. The van der Waals surface area contributed by atoms with Crippen molar-refractivity contribution < 1.29 is 30.0 Å². The Balaban J connectivity index is 2.64. The summed E-state index contributed by atoms with van der Waals surface area (Å²) < 4.78 is 4.84. The second-order valence-electron chi connectivity index (χ2n) is 2.98. The maximum Gasteiger partial charge on any atom is 0.311 e. The molecule has 0 saturated carbocycles. The van der Waals surface area contributed by atoms with Gasteiger partial charge in [-0.25, -0.2) is 0 Å². The molecule has 0 bridgehead atoms. The number of rotatable bonds is 2. The van der Waals surface area contributed by atoms with E-state index in [1.54, 1.807) is 0 Å². The lowest BCUT2D eigenvalue weighted by atomic mass is 9.93. The van der Waals surface area contributed by atoms with Crippen molar-refractivity contribution in [1.29, 1.82) is 0 Å². The zero-order valence-corrected chi connectivity index (χ0v) is 6.83. The average Bonchev–Trinajstić information content (AvgIpc) is 2.09. The van der Waals surface area contributed by atoms with E-state index in [4.69, 9.17) is 14.9 Å². The summed E-state index contributed by atoms with van der Waals surface area (Å²) in [5.74, 6) is -2.35. The number of carbonyl (C=O) groups is 1. The highest BCUT2D eigenvalue weighted by molar-refractivity contribution is 5.71. The van der Waals surface area contributed by atoms with Gasteiger partial charge in [0.15, 0.2) is 0 Å². The standard InChI is InChI=1S/C7H12O6/c8-1-4-6(10)5(9)3(2-13-4)7(11)12/h3-6,8-10H,1-2H2,(H,11,12)/t3?,4-,5-,6+/m1/s1. The lowest BCUT2D eigenvalue weighted by molar-refractivity contribution is -0.190. The summed E-state index contributed by atoms with van der Waals surface area (Å²) in [6.07, 6.45) is -3.63. The van der Waals surface area contributed by atoms with Crippen LogP contribution in [0.5, 0.6) is 0 Å². The molecule has 0 spiro atoms. The van der Waals surface area contributed by atoms with E-state index in [1.807, 2.05) is 0 Å². The largest absolute Gasteiger partial charge is 0.481 e. The highest BCUT2D eigenvalue weighted by Gasteiger charge is 2.41. The predicted octanol–water partition coefficient (Wildman–Crippen LogP) is -2.20. The van der Waals surface area contributed by atoms with Crippen LogP contribution in [0, 0.1) is 5.92 Å². The quantitative estimate of drug-likeness (QED) is 0.395. The van der Waals surface area contributed by atoms with Crippen LogP contribution in [0.2, 0.25) is 0 Å². The van der Waals surface area contributed by atoms with E-state index >= 15 is 0 Å². The summed E-state index contributed by atoms with van der Waals surface area (Å²) in [4.78, 5) is 10.5. The van der Waals surface area contributed by atoms with Crippen LogP contribution in [0.3, 0.4) is 0 Å². The molecule has 1 fully saturated rings. The van der Waals surface area contributed by atoms with Crippen molar-refractivity contribution in [1.82, 2.24) is 0 Å². The fourth-order valence-corrected chi connectivity index (χ4v) is 1.26. The molecule has 0 aromatic carbocycles. The lowest BCUT2D eigenvalue weighted by Gasteiger charge is -2.34. The van der Waals surface area contributed by atoms with Crippen molar-refractivity contribution in [3.05, 3.63) is 0 Å². The molecule has 76 valence electrons. The van der Waals surface area contributed by atoms with E-state index in [0.29, 0.717) is 0 Å². The van der Waals surface area contributed by atoms with Gasteiger partial charge >= 0.3 is 5.97 Å². The van der Waals surface area contributed by atoms with Crippen LogP contribution >= 0.6 is 0 Å². The first-order valence-corrected chi connectivity index (χ1v) is 3.89. The minimum atomic E-state index is -1.39. The summed E-state index contributed by atoms with van der Waals surface area (Å²) >= 11 is 0. The summed E-state index contributed by atoms with van der Waals surface area (Å²) in [6, 6.07) is 0. The van der Waals surface area contributed by atoms with Gasteiger partial charge in [0.05, 0.1) is 19.3 Å². The normalized spacial score (nSPS) is 40.2. The third kappa shape index (κ3) is 1.97. The molecule has 0 aromatic heterocycles. The molecule has 1 heterocycles. The molecule has 1 unspecified atom stereocenters. The molecule has 4 N–H and O–H groups in total. The Kier molecular flexibility index (Phi) is 3.21. The smallest absolute Gasteiger partial charge is 0.311 e. The molecule has 1 saturated heterocycles. The number of hydrogen-bond donors (Lipinski definition) is 4. The van der Waals surface area contributed by atoms with Crippen LogP contribution in [-0.4, -0.2) is 57.9 Å². The van der Waals surface area contributed by atoms with Crippen molar-refractivity contribution in [2.24, 2.45) is 5.92 Å². The first-order valence-electron chi connectivity index (χ1n) is 3.89. The minimum Gasteiger partial charge on any atom is -0.481 e. The second kappa shape index (κ2) is 4.01. The number of carboxylic acids is 1. The van der Waals surface area contributed by atoms with Gasteiger partial charge in [0, 0.05) is 0 Å². The average molecular weight is 192 g/mol. The van der Waals surface area contributed by atoms with Crippen molar-refractivity contribution in [2.75, 3.05) is 13.2 Å². The number of ether oxygens (including phenoxy) is 1. The maximum atomic E-state index is 10.5. The molecule has 0 aromatic rings. The molecule has 0 radical (unpaired) electrons. The molecule has 1 rings (SSSR count). The van der Waals surface area contributed by atoms with Crippen LogP contribution in [0.25, 0.3) is 0 Å². The third-order valence-corrected chi connectivity index (χ3v) is 2.13. The Morgan fingerprint density at radius 1 is 1.38 bits per heavy atom. The molecular weight excluding hydrogens is 180 g/mol. The highest BCUT2D eigenvalue weighted by Crippen LogP contribution is 2.20. The van der Waals surface area contributed by atoms with Gasteiger partial charge in [0.1, 0.15) is 18.1 Å². The minimum absolute atomic E-state index is 0.196. The molecular formula is C7H12O6. The summed E-state index contributed by atoms with van der Waals surface area (Å²) in [5, 5.41) is 35.8. The van der Waals surface area contributed by atoms with Crippen LogP contribution < -0.4 is 0 Å². The summed E-state index contributed by atoms with van der Waals surface area (Å²) in [6.45, 7) is -0.636. The van der Waals surface area contributed by atoms with Crippen molar-refractivity contribution >= 4 is 5.97 Å². The molecule has 6 nitrogen and oxygen atoms in total. The SMILES string of the molecule is O=C(O)C1CO[C@H](CO)[C@H](O)[C@@H]1O. The topological polar surface area (TPSA) is 107 Å². The van der Waals surface area contributed by atoms with Crippen molar-refractivity contribution in [3.8, 4) is 0 Å². The van der Waals surface area contributed by atoms with Gasteiger partial charge in [-0.05, 0) is 0 Å². The van der Waals surface area contributed by atoms with Crippen molar-refractivity contribution in [3.63, 3.8) is 0 Å². The molecule has 0 aliphatic carbocycles. The van der Waals surface area contributed by atoms with Crippen LogP contribution in [-0.2, 0) is 9.53 Å². The van der Waals surface area contributed by atoms with Crippen LogP contribution in [0.15, 0.2) is 0 Å². The van der Waals surface area contributed by atoms with Gasteiger partial charge in [-0.2, -0.15) is 0 Å². The highest BCUT2D eigenvalue weighted by atomic mass is 16.5. The molecule has 6 heteroatoms. The summed E-state index contributed by atoms with van der Waals surface area (Å²) in [7, 11) is 0. The Bertz CT molecular complexity index is 193. The zero-order chi connectivity index (χ0) is 10.0. The van der Waals surface area contributed by atoms with Gasteiger partial charge in [-0.3, -0.25) is 4.79 Å². The molecule has 4 atom stereocenters. The molecule has 1 aliphatic rings. The lowest BCUT2D eigenvalue weighted by Crippen LogP contribution is -2.53. The molecule has 1 aliphatic heterocycles. The fourth-order valence-electron chi connectivity index (χ4n) is 1.26. The summed E-state index contributed by atoms with van der Waals surface area (Å²) in [5.41, 5.74) is 0. The van der Waals surface area contributed by atoms with E-state index in [-0.39, 0.29) is 6.61 Å². The number of aliphatic hydroxyl groups excluding tert-OH is 3. The molecule has 13 heavy (non-hydrogen) atoms. The van der Waals surface area contributed by atoms with Gasteiger partial charge in [-0.1, -0.05) is 0 Å². The van der Waals surface area contributed by atoms with Crippen LogP contribution in [0.4, 0.5) is 0 Å². The van der Waals surface area contributed by atoms with Gasteiger partial charge in [0.2, 0.25) is 0 Å². The number of hydrogen-bond acceptors (Lipinski definition) is 5. The van der Waals surface area contributed by atoms with Crippen LogP contribution in [0.1, 0.15) is 0 Å². The first-order chi connectivity index (χ1) is 6.07. The van der Waals surface area contributed by atoms with E-state index in [1.165, 1.54) is 0 Å². The predicted molar refractivity (Wildman–Crippen MR) is 40.0 cm³/mol. The Morgan fingerprint density at radius 3 is 2.46 bits per heavy atom. The monoisotopic (exact) mass is 192 g/mol. The number of aliphatic hydroxyl groups is 3. The van der Waals surface area contributed by atoms with E-state index in [9.17, 15) is 15.0 Å². The van der Waals surface area contributed by atoms with E-state index in [2.05, 4.69) is 0 Å². The second-order valence-corrected chi connectivity index (χ2v) is 2.98. The van der Waals surface area contributed by atoms with Gasteiger partial charge < -0.3 is 25.2 Å². The Labute approximate surface area is 74.4 Å². The first kappa shape index (κ1) is 10.4. The third-order valence-electron chi connectivity index (χ3n) is 2.13. The van der Waals surface area contributed by atoms with E-state index < -0.39 is 36.8 Å². The molecule has 0 amide bonds. The number of aliphatic carboxylic acids is 1.